The lowest BCUT2D eigenvalue weighted by molar-refractivity contribution is 0.0528. The lowest BCUT2D eigenvalue weighted by Crippen LogP contribution is -2.46. The van der Waals surface area contributed by atoms with E-state index in [4.69, 9.17) is 4.98 Å². The van der Waals surface area contributed by atoms with Crippen LogP contribution in [-0.2, 0) is 0 Å². The molecule has 0 spiro atoms. The number of fused-ring (bicyclic) bond motifs is 2. The van der Waals surface area contributed by atoms with Gasteiger partial charge in [-0.1, -0.05) is 0 Å². The number of carbonyl (C=O) groups is 1. The minimum atomic E-state index is 0.0174. The fourth-order valence-electron chi connectivity index (χ4n) is 3.90. The van der Waals surface area contributed by atoms with E-state index in [-0.39, 0.29) is 11.9 Å². The number of piperidine rings is 1. The third-order valence-electron chi connectivity index (χ3n) is 5.41. The molecule has 2 aliphatic heterocycles. The van der Waals surface area contributed by atoms with Crippen molar-refractivity contribution >= 4 is 11.9 Å². The largest absolute Gasteiger partial charge is 0.354 e. The van der Waals surface area contributed by atoms with Gasteiger partial charge in [0.15, 0.2) is 0 Å². The number of hydrogen-bond donors (Lipinski definition) is 2. The second-order valence-electron chi connectivity index (χ2n) is 7.08. The number of nitrogens with one attached hydrogen (secondary N) is 2. The van der Waals surface area contributed by atoms with E-state index in [1.807, 2.05) is 11.1 Å². The fraction of sp³-hybridized carbons (Fsp3) is 0.529. The molecule has 6 rings (SSSR count). The molecule has 7 nitrogen and oxygen atoms in total. The Hall–Kier alpha value is -2.44. The molecule has 1 saturated carbocycles. The van der Waals surface area contributed by atoms with Crippen molar-refractivity contribution in [3.8, 4) is 0 Å². The van der Waals surface area contributed by atoms with E-state index < -0.39 is 0 Å². The van der Waals surface area contributed by atoms with Crippen molar-refractivity contribution in [2.45, 2.75) is 37.6 Å². The van der Waals surface area contributed by atoms with Crippen LogP contribution in [0.2, 0.25) is 0 Å². The van der Waals surface area contributed by atoms with E-state index in [1.54, 1.807) is 12.3 Å². The van der Waals surface area contributed by atoms with Gasteiger partial charge in [-0.05, 0) is 37.7 Å². The molecule has 4 heterocycles. The van der Waals surface area contributed by atoms with Gasteiger partial charge in [0.05, 0.1) is 11.7 Å². The molecule has 24 heavy (non-hydrogen) atoms. The quantitative estimate of drug-likeness (QED) is 0.899. The zero-order valence-corrected chi connectivity index (χ0v) is 13.4. The van der Waals surface area contributed by atoms with Crippen molar-refractivity contribution in [3.63, 3.8) is 0 Å². The highest BCUT2D eigenvalue weighted by Crippen LogP contribution is 2.46. The summed E-state index contributed by atoms with van der Waals surface area (Å²) in [5, 5.41) is 10.0. The summed E-state index contributed by atoms with van der Waals surface area (Å²) in [6, 6.07) is 1.81. The van der Waals surface area contributed by atoms with Crippen molar-refractivity contribution in [3.05, 3.63) is 35.4 Å². The lowest BCUT2D eigenvalue weighted by atomic mass is 9.78. The number of H-pyrrole nitrogens is 1. The van der Waals surface area contributed by atoms with Gasteiger partial charge in [0.1, 0.15) is 5.69 Å². The third kappa shape index (κ3) is 2.26. The highest BCUT2D eigenvalue weighted by Gasteiger charge is 2.42. The minimum absolute atomic E-state index is 0.0174. The molecule has 2 aromatic heterocycles. The second kappa shape index (κ2) is 5.29. The first-order chi connectivity index (χ1) is 11.8. The molecule has 2 unspecified atom stereocenters. The monoisotopic (exact) mass is 324 g/mol. The number of nitrogens with zero attached hydrogens (tertiary/aromatic N) is 4. The summed E-state index contributed by atoms with van der Waals surface area (Å²) >= 11 is 0. The summed E-state index contributed by atoms with van der Waals surface area (Å²) in [7, 11) is 0. The Morgan fingerprint density at radius 1 is 1.33 bits per heavy atom. The first-order valence-electron chi connectivity index (χ1n) is 8.70. The molecule has 124 valence electrons. The molecular formula is C17H20N6O. The van der Waals surface area contributed by atoms with E-state index in [2.05, 4.69) is 20.5 Å². The van der Waals surface area contributed by atoms with Crippen molar-refractivity contribution in [1.29, 1.82) is 0 Å². The summed E-state index contributed by atoms with van der Waals surface area (Å²) in [5.41, 5.74) is 2.79. The lowest BCUT2D eigenvalue weighted by Gasteiger charge is -2.45. The molecule has 2 N–H and O–H groups in total. The smallest absolute Gasteiger partial charge is 0.272 e. The predicted octanol–water partition coefficient (Wildman–Crippen LogP) is 2.10. The van der Waals surface area contributed by atoms with Gasteiger partial charge in [-0.15, -0.1) is 0 Å². The second-order valence-corrected chi connectivity index (χ2v) is 7.08. The Bertz CT molecular complexity index is 769. The Labute approximate surface area is 139 Å². The van der Waals surface area contributed by atoms with Crippen LogP contribution in [-0.4, -0.2) is 44.1 Å². The Balaban J connectivity index is 1.41. The number of amides is 1. The van der Waals surface area contributed by atoms with Gasteiger partial charge in [0, 0.05) is 37.0 Å². The summed E-state index contributed by atoms with van der Waals surface area (Å²) < 4.78 is 0. The molecular weight excluding hydrogens is 304 g/mol. The molecule has 1 saturated heterocycles. The maximum absolute atomic E-state index is 12.7. The molecule has 4 aliphatic rings. The van der Waals surface area contributed by atoms with Crippen molar-refractivity contribution in [1.82, 2.24) is 25.1 Å². The van der Waals surface area contributed by atoms with Gasteiger partial charge in [-0.3, -0.25) is 9.89 Å². The molecule has 2 fully saturated rings. The molecule has 7 heteroatoms. The van der Waals surface area contributed by atoms with Crippen LogP contribution in [0.1, 0.15) is 59.4 Å². The highest BCUT2D eigenvalue weighted by molar-refractivity contribution is 5.92. The molecule has 1 amide bonds. The maximum Gasteiger partial charge on any atom is 0.272 e. The van der Waals surface area contributed by atoms with Crippen LogP contribution in [0.15, 0.2) is 18.5 Å². The number of rotatable bonds is 4. The standard InChI is InChI=1S/C17H20N6O/c24-16(13-5-6-20-22-13)23-9-11-3-4-14(23)12-8-19-17(21-15(11)12)18-7-10-1-2-10/h5-6,8,10-11,14H,1-4,7,9H2,(H,20,22)(H,18,19,21). The van der Waals surface area contributed by atoms with Crippen LogP contribution in [0.25, 0.3) is 0 Å². The van der Waals surface area contributed by atoms with Crippen LogP contribution in [0.5, 0.6) is 0 Å². The average molecular weight is 324 g/mol. The van der Waals surface area contributed by atoms with Gasteiger partial charge in [-0.2, -0.15) is 5.10 Å². The van der Waals surface area contributed by atoms with E-state index in [9.17, 15) is 4.79 Å². The number of aromatic nitrogens is 4. The minimum Gasteiger partial charge on any atom is -0.354 e. The molecule has 0 radical (unpaired) electrons. The molecule has 0 aromatic carbocycles. The maximum atomic E-state index is 12.7. The molecule has 2 aliphatic carbocycles. The summed E-state index contributed by atoms with van der Waals surface area (Å²) in [6.07, 6.45) is 8.23. The van der Waals surface area contributed by atoms with Crippen LogP contribution in [0.4, 0.5) is 5.95 Å². The van der Waals surface area contributed by atoms with Crippen molar-refractivity contribution < 1.29 is 4.79 Å². The summed E-state index contributed by atoms with van der Waals surface area (Å²) in [5.74, 6) is 1.85. The van der Waals surface area contributed by atoms with Gasteiger partial charge in [-0.25, -0.2) is 9.97 Å². The normalized spacial score (nSPS) is 24.8. The van der Waals surface area contributed by atoms with Crippen molar-refractivity contribution in [2.24, 2.45) is 5.92 Å². The summed E-state index contributed by atoms with van der Waals surface area (Å²) in [6.45, 7) is 1.70. The third-order valence-corrected chi connectivity index (χ3v) is 5.41. The summed E-state index contributed by atoms with van der Waals surface area (Å²) in [4.78, 5) is 23.9. The van der Waals surface area contributed by atoms with Gasteiger partial charge >= 0.3 is 0 Å². The average Bonchev–Trinajstić information content (AvgIpc) is 3.30. The van der Waals surface area contributed by atoms with E-state index in [1.165, 1.54) is 12.8 Å². The fourth-order valence-corrected chi connectivity index (χ4v) is 3.90. The van der Waals surface area contributed by atoms with E-state index >= 15 is 0 Å². The number of carbonyl (C=O) groups excluding carboxylic acids is 1. The zero-order valence-electron chi connectivity index (χ0n) is 13.4. The Morgan fingerprint density at radius 3 is 3.04 bits per heavy atom. The van der Waals surface area contributed by atoms with Crippen molar-refractivity contribution in [2.75, 3.05) is 18.4 Å². The van der Waals surface area contributed by atoms with E-state index in [0.717, 1.165) is 49.1 Å². The molecule has 2 atom stereocenters. The first kappa shape index (κ1) is 13.9. The van der Waals surface area contributed by atoms with Crippen LogP contribution >= 0.6 is 0 Å². The molecule has 2 aromatic rings. The Morgan fingerprint density at radius 2 is 2.25 bits per heavy atom. The van der Waals surface area contributed by atoms with Gasteiger partial charge in [0.25, 0.3) is 5.91 Å². The van der Waals surface area contributed by atoms with Crippen LogP contribution < -0.4 is 5.32 Å². The zero-order chi connectivity index (χ0) is 16.1. The van der Waals surface area contributed by atoms with Gasteiger partial charge in [0.2, 0.25) is 5.95 Å². The molecule has 2 bridgehead atoms. The number of aromatic amines is 1. The number of hydrogen-bond acceptors (Lipinski definition) is 5. The SMILES string of the molecule is O=C(c1ccn[nH]1)N1CC2CCC1c1cnc(NCC3CC3)nc12. The topological polar surface area (TPSA) is 86.8 Å². The highest BCUT2D eigenvalue weighted by atomic mass is 16.2. The predicted molar refractivity (Wildman–Crippen MR) is 87.6 cm³/mol. The first-order valence-corrected chi connectivity index (χ1v) is 8.70. The van der Waals surface area contributed by atoms with Crippen LogP contribution in [0, 0.1) is 5.92 Å². The number of anilines is 1. The van der Waals surface area contributed by atoms with Crippen LogP contribution in [0.3, 0.4) is 0 Å². The Kier molecular flexibility index (Phi) is 3.08. The van der Waals surface area contributed by atoms with E-state index in [0.29, 0.717) is 11.6 Å². The van der Waals surface area contributed by atoms with Gasteiger partial charge < -0.3 is 10.2 Å².